The van der Waals surface area contributed by atoms with E-state index in [2.05, 4.69) is 165 Å². The largest absolute Gasteiger partial charge is 0.490 e. The predicted molar refractivity (Wildman–Crippen MR) is 455 cm³/mol. The Hall–Kier alpha value is -7.78. The molecular weight excluding hydrogens is 1450 g/mol. The lowest BCUT2D eigenvalue weighted by molar-refractivity contribution is -0.0107. The van der Waals surface area contributed by atoms with Crippen molar-refractivity contribution >= 4 is 0 Å². The van der Waals surface area contributed by atoms with Gasteiger partial charge < -0.3 is 67.3 Å². The molecule has 1 unspecified atom stereocenters. The molecule has 4 aliphatic rings. The maximum absolute atomic E-state index is 14.1. The summed E-state index contributed by atoms with van der Waals surface area (Å²) in [6, 6.07) is 27.4. The number of aliphatic hydroxyl groups excluding tert-OH is 1. The van der Waals surface area contributed by atoms with Gasteiger partial charge in [-0.2, -0.15) is 20.4 Å². The molecule has 24 heteroatoms. The van der Waals surface area contributed by atoms with E-state index in [4.69, 9.17) is 42.6 Å². The van der Waals surface area contributed by atoms with Crippen molar-refractivity contribution in [3.63, 3.8) is 0 Å². The number of aromatic amines is 4. The van der Waals surface area contributed by atoms with Crippen molar-refractivity contribution in [2.24, 2.45) is 5.92 Å². The van der Waals surface area contributed by atoms with Crippen LogP contribution in [0.5, 0.6) is 28.7 Å². The summed E-state index contributed by atoms with van der Waals surface area (Å²) in [6.45, 7) is 22.1. The first-order valence-electron chi connectivity index (χ1n) is 40.8. The number of alkyl halides is 2. The Morgan fingerprint density at radius 2 is 0.886 bits per heavy atom. The fourth-order valence-electron chi connectivity index (χ4n) is 14.0. The number of benzene rings is 4. The van der Waals surface area contributed by atoms with Gasteiger partial charge in [0.15, 0.2) is 11.5 Å². The van der Waals surface area contributed by atoms with E-state index in [1.165, 1.54) is 67.3 Å². The quantitative estimate of drug-likeness (QED) is 0.0225. The molecule has 2 saturated heterocycles. The number of aliphatic hydroxyl groups is 1. The highest BCUT2D eigenvalue weighted by atomic mass is 19.3. The minimum atomic E-state index is -2.96. The molecule has 114 heavy (non-hydrogen) atoms. The van der Waals surface area contributed by atoms with Crippen molar-refractivity contribution in [3.05, 3.63) is 138 Å². The number of nitrogens with zero attached hydrogens (tertiary/aromatic N) is 8. The van der Waals surface area contributed by atoms with Crippen molar-refractivity contribution in [1.29, 1.82) is 0 Å². The number of ether oxygens (including phenoxy) is 9. The monoisotopic (exact) mass is 1590 g/mol. The lowest BCUT2D eigenvalue weighted by atomic mass is 9.92. The van der Waals surface area contributed by atoms with Gasteiger partial charge >= 0.3 is 0 Å². The van der Waals surface area contributed by atoms with E-state index < -0.39 is 5.92 Å². The number of hydrogen-bond donors (Lipinski definition) is 5. The predicted octanol–water partition coefficient (Wildman–Crippen LogP) is 18.9. The Morgan fingerprint density at radius 3 is 1.32 bits per heavy atom. The summed E-state index contributed by atoms with van der Waals surface area (Å²) in [6.07, 6.45) is 27.1. The Bertz CT molecular complexity index is 3860. The van der Waals surface area contributed by atoms with Crippen molar-refractivity contribution < 1.29 is 56.5 Å². The molecule has 0 bridgehead atoms. The van der Waals surface area contributed by atoms with Gasteiger partial charge in [0.25, 0.3) is 5.92 Å². The third kappa shape index (κ3) is 31.0. The molecule has 634 valence electrons. The first-order chi connectivity index (χ1) is 53.9. The van der Waals surface area contributed by atoms with Gasteiger partial charge in [-0.1, -0.05) is 75.7 Å². The lowest BCUT2D eigenvalue weighted by Gasteiger charge is -2.31. The van der Waals surface area contributed by atoms with Crippen molar-refractivity contribution in [2.45, 2.75) is 235 Å². The second kappa shape index (κ2) is 50.6. The van der Waals surface area contributed by atoms with Gasteiger partial charge in [0.1, 0.15) is 29.5 Å². The smallest absolute Gasteiger partial charge is 0.270 e. The van der Waals surface area contributed by atoms with Gasteiger partial charge in [-0.15, -0.1) is 0 Å². The summed E-state index contributed by atoms with van der Waals surface area (Å²) in [7, 11) is 12.0. The second-order valence-electron chi connectivity index (χ2n) is 30.6. The van der Waals surface area contributed by atoms with Crippen LogP contribution >= 0.6 is 0 Å². The molecule has 2 saturated carbocycles. The molecule has 0 spiro atoms. The Labute approximate surface area is 680 Å². The molecule has 5 N–H and O–H groups in total. The number of halogens is 2. The maximum Gasteiger partial charge on any atom is 0.270 e. The first kappa shape index (κ1) is 95.1. The number of hydrogen-bond acceptors (Lipinski definition) is 18. The molecule has 22 nitrogen and oxygen atoms in total. The number of H-pyrrole nitrogens is 4. The van der Waals surface area contributed by atoms with Crippen molar-refractivity contribution in [1.82, 2.24) is 60.4 Å². The normalized spacial score (nSPS) is 17.4. The minimum Gasteiger partial charge on any atom is -0.490 e. The van der Waals surface area contributed by atoms with Gasteiger partial charge in [0, 0.05) is 143 Å². The van der Waals surface area contributed by atoms with Crippen LogP contribution in [0, 0.1) is 5.92 Å². The van der Waals surface area contributed by atoms with Crippen LogP contribution in [0.25, 0.3) is 45.0 Å². The average molecular weight is 1590 g/mol. The highest BCUT2D eigenvalue weighted by molar-refractivity contribution is 5.68. The van der Waals surface area contributed by atoms with E-state index in [0.29, 0.717) is 69.0 Å². The SMILES string of the molecule is C.C.C.CCCCN(C)Cc1cn[nH]c1-c1cc(OC2CCOC2)cc(C(C)(F)F)c1.CCCCN(C)Cc1cn[nH]c1-c1ccc(OC2CC(O)C2)cc1.CCCCN(C)Cc1cn[nH]c1-c1ccc(OC2CCC(OC)CC2)cc1.CCCCN(C)Cc1cn[nH]c1-c1ccc(OCCCOC)c(OCC2CCOCC2)c1. The number of rotatable bonds is 40. The Morgan fingerprint density at radius 1 is 0.456 bits per heavy atom. The average Bonchev–Trinajstić information content (AvgIpc) is 1.48. The number of methoxy groups -OCH3 is 2. The van der Waals surface area contributed by atoms with Crippen LogP contribution < -0.4 is 23.7 Å². The molecule has 8 aromatic rings. The molecule has 4 aromatic heterocycles. The highest BCUT2D eigenvalue weighted by Gasteiger charge is 2.31. The van der Waals surface area contributed by atoms with Crippen LogP contribution in [0.3, 0.4) is 0 Å². The van der Waals surface area contributed by atoms with Crippen LogP contribution in [-0.4, -0.2) is 211 Å². The summed E-state index contributed by atoms with van der Waals surface area (Å²) in [4.78, 5) is 9.24. The van der Waals surface area contributed by atoms with E-state index >= 15 is 0 Å². The zero-order valence-corrected chi connectivity index (χ0v) is 68.1. The minimum absolute atomic E-state index is 0. The summed E-state index contributed by atoms with van der Waals surface area (Å²) in [5, 5.41) is 38.8. The van der Waals surface area contributed by atoms with Crippen molar-refractivity contribution in [2.75, 3.05) is 115 Å². The molecule has 4 aromatic carbocycles. The molecule has 2 aliphatic carbocycles. The lowest BCUT2D eigenvalue weighted by Crippen LogP contribution is -2.37. The molecule has 1 atom stereocenters. The number of aromatic nitrogens is 8. The summed E-state index contributed by atoms with van der Waals surface area (Å²) in [5.41, 5.74) is 12.5. The van der Waals surface area contributed by atoms with E-state index in [1.807, 2.05) is 36.8 Å². The molecular formula is C90H140F2N12O10. The van der Waals surface area contributed by atoms with E-state index in [9.17, 15) is 13.9 Å². The van der Waals surface area contributed by atoms with Gasteiger partial charge in [0.05, 0.1) is 92.3 Å². The molecule has 0 amide bonds. The van der Waals surface area contributed by atoms with Gasteiger partial charge in [-0.05, 0) is 209 Å². The first-order valence-corrected chi connectivity index (χ1v) is 40.8. The summed E-state index contributed by atoms with van der Waals surface area (Å²) >= 11 is 0. The topological polar surface area (TPSA) is 231 Å². The molecule has 0 radical (unpaired) electrons. The van der Waals surface area contributed by atoms with Gasteiger partial charge in [-0.25, -0.2) is 8.78 Å². The fourth-order valence-corrected chi connectivity index (χ4v) is 14.0. The fraction of sp³-hybridized carbons (Fsp3) is 0.600. The molecule has 12 rings (SSSR count). The zero-order valence-electron chi connectivity index (χ0n) is 68.1. The Kier molecular flexibility index (Phi) is 42.2. The van der Waals surface area contributed by atoms with E-state index in [0.717, 1.165) is 211 Å². The summed E-state index contributed by atoms with van der Waals surface area (Å²) < 4.78 is 79.8. The highest BCUT2D eigenvalue weighted by Crippen LogP contribution is 2.39. The van der Waals surface area contributed by atoms with Crippen molar-refractivity contribution in [3.8, 4) is 73.8 Å². The zero-order chi connectivity index (χ0) is 78.7. The third-order valence-electron chi connectivity index (χ3n) is 20.8. The number of unbranched alkanes of at least 4 members (excludes halogenated alkanes) is 4. The van der Waals surface area contributed by atoms with Crippen LogP contribution in [0.1, 0.15) is 200 Å². The molecule has 2 aliphatic heterocycles. The second-order valence-corrected chi connectivity index (χ2v) is 30.6. The van der Waals surface area contributed by atoms with E-state index in [1.54, 1.807) is 26.5 Å². The molecule has 6 heterocycles. The van der Waals surface area contributed by atoms with Gasteiger partial charge in [-0.3, -0.25) is 20.4 Å². The molecule has 4 fully saturated rings. The van der Waals surface area contributed by atoms with Crippen LogP contribution in [-0.2, 0) is 51.0 Å². The van der Waals surface area contributed by atoms with Crippen LogP contribution in [0.15, 0.2) is 110 Å². The van der Waals surface area contributed by atoms with Crippen LogP contribution in [0.4, 0.5) is 8.78 Å². The summed E-state index contributed by atoms with van der Waals surface area (Å²) in [5.74, 6) is 1.35. The number of nitrogens with one attached hydrogen (secondary N) is 4. The third-order valence-corrected chi connectivity index (χ3v) is 20.8. The standard InChI is InChI=1S/C25H39N3O4.C22H33N3O2.C21H29F2N3O2.C19H27N3O2.3CH4/c1-4-5-11-28(2)18-22-17-26-27-25(22)21-7-8-23(31-13-6-12-29-3)24(16-21)32-19-20-9-14-30-15-10-20;1-4-5-14-25(2)16-18-15-23-24-22(18)17-6-8-20(9-7-17)27-21-12-10-19(26-3)11-13-21;1-4-5-7-26(3)13-16-12-24-25-20(16)15-9-17(21(2,22)23)11-19(10-15)28-18-6-8-27-14-18;1-3-4-9-22(2)13-15-12-20-21-19(15)14-5-7-17(8-6-14)24-18-10-16(23)11-18;;;/h7-8,16-17,20H,4-6,9-15,18-19H2,1-3H3,(H,26,27);6-9,15,19,21H,4-5,10-14,16H2,1-3H3,(H,23,24);9-12,18H,4-8,13-14H2,1-3H3,(H,24,25);5-8,12,16,18,23H,3-4,9-11,13H2,1-2H3,(H,20,21);3*1H4. The van der Waals surface area contributed by atoms with Crippen LogP contribution in [0.2, 0.25) is 0 Å². The Balaban J connectivity index is 0.000000236. The van der Waals surface area contributed by atoms with E-state index in [-0.39, 0.29) is 46.2 Å². The maximum atomic E-state index is 14.1. The van der Waals surface area contributed by atoms with Gasteiger partial charge in [0.2, 0.25) is 0 Å².